The van der Waals surface area contributed by atoms with Crippen molar-refractivity contribution in [3.8, 4) is 0 Å². The third-order valence-electron chi connectivity index (χ3n) is 3.53. The molecule has 2 rings (SSSR count). The fraction of sp³-hybridized carbons (Fsp3) is 0.769. The van der Waals surface area contributed by atoms with Gasteiger partial charge >= 0.3 is 0 Å². The van der Waals surface area contributed by atoms with Gasteiger partial charge in [0.1, 0.15) is 0 Å². The maximum Gasteiger partial charge on any atom is 0.180 e. The standard InChI is InChI=1S/C13H23N3OS.ClH/c1-17-7-5-11-4-2-3-6-16(9-11)10-12-8-15-13(14)18-12;/h8,11H,2-7,9-10H2,1H3,(H2,14,15);1H. The normalized spacial score (nSPS) is 20.8. The van der Waals surface area contributed by atoms with E-state index in [1.807, 2.05) is 6.20 Å². The van der Waals surface area contributed by atoms with E-state index in [1.165, 1.54) is 43.6 Å². The molecule has 1 saturated heterocycles. The summed E-state index contributed by atoms with van der Waals surface area (Å²) in [7, 11) is 1.79. The van der Waals surface area contributed by atoms with Crippen molar-refractivity contribution >= 4 is 28.9 Å². The Bertz CT molecular complexity index is 361. The predicted octanol–water partition coefficient (Wildman–Crippen LogP) is 2.79. The Morgan fingerprint density at radius 2 is 2.37 bits per heavy atom. The predicted molar refractivity (Wildman–Crippen MR) is 82.9 cm³/mol. The number of nitrogen functional groups attached to an aromatic ring is 1. The quantitative estimate of drug-likeness (QED) is 0.909. The van der Waals surface area contributed by atoms with Crippen LogP contribution in [-0.2, 0) is 11.3 Å². The lowest BCUT2D eigenvalue weighted by Crippen LogP contribution is -2.28. The molecule has 6 heteroatoms. The zero-order chi connectivity index (χ0) is 12.8. The van der Waals surface area contributed by atoms with Crippen LogP contribution in [0.15, 0.2) is 6.20 Å². The van der Waals surface area contributed by atoms with Crippen LogP contribution in [0.4, 0.5) is 5.13 Å². The van der Waals surface area contributed by atoms with Gasteiger partial charge in [-0.1, -0.05) is 6.42 Å². The molecule has 2 heterocycles. The van der Waals surface area contributed by atoms with Crippen LogP contribution in [0.25, 0.3) is 0 Å². The van der Waals surface area contributed by atoms with Gasteiger partial charge < -0.3 is 10.5 Å². The first kappa shape index (κ1) is 16.7. The summed E-state index contributed by atoms with van der Waals surface area (Å²) in [6, 6.07) is 0. The maximum absolute atomic E-state index is 5.68. The Morgan fingerprint density at radius 1 is 1.53 bits per heavy atom. The smallest absolute Gasteiger partial charge is 0.180 e. The van der Waals surface area contributed by atoms with Gasteiger partial charge in [0.25, 0.3) is 0 Å². The lowest BCUT2D eigenvalue weighted by Gasteiger charge is -2.23. The Hall–Kier alpha value is -0.360. The van der Waals surface area contributed by atoms with Crippen LogP contribution in [0.5, 0.6) is 0 Å². The zero-order valence-corrected chi connectivity index (χ0v) is 13.1. The molecule has 0 aromatic carbocycles. The number of thiazole rings is 1. The van der Waals surface area contributed by atoms with Crippen LogP contribution in [0.3, 0.4) is 0 Å². The molecule has 1 aromatic rings. The molecule has 1 aliphatic heterocycles. The Balaban J connectivity index is 0.00000180. The molecule has 1 aliphatic rings. The summed E-state index contributed by atoms with van der Waals surface area (Å²) in [4.78, 5) is 7.94. The van der Waals surface area contributed by atoms with Gasteiger partial charge in [-0.05, 0) is 31.7 Å². The molecule has 1 atom stereocenters. The molecule has 1 unspecified atom stereocenters. The summed E-state index contributed by atoms with van der Waals surface area (Å²) in [5.74, 6) is 0.776. The molecule has 110 valence electrons. The topological polar surface area (TPSA) is 51.4 Å². The minimum Gasteiger partial charge on any atom is -0.385 e. The minimum absolute atomic E-state index is 0. The summed E-state index contributed by atoms with van der Waals surface area (Å²) < 4.78 is 5.20. The molecule has 1 fully saturated rings. The van der Waals surface area contributed by atoms with E-state index in [2.05, 4.69) is 9.88 Å². The number of aromatic nitrogens is 1. The van der Waals surface area contributed by atoms with E-state index in [1.54, 1.807) is 18.4 Å². The summed E-state index contributed by atoms with van der Waals surface area (Å²) in [6.45, 7) is 4.26. The highest BCUT2D eigenvalue weighted by atomic mass is 35.5. The van der Waals surface area contributed by atoms with Crippen LogP contribution in [0.1, 0.15) is 30.6 Å². The van der Waals surface area contributed by atoms with Crippen LogP contribution >= 0.6 is 23.7 Å². The highest BCUT2D eigenvalue weighted by Gasteiger charge is 2.18. The fourth-order valence-corrected chi connectivity index (χ4v) is 3.32. The van der Waals surface area contributed by atoms with E-state index in [4.69, 9.17) is 10.5 Å². The maximum atomic E-state index is 5.68. The van der Waals surface area contributed by atoms with E-state index in [0.29, 0.717) is 5.13 Å². The molecule has 1 aromatic heterocycles. The van der Waals surface area contributed by atoms with Gasteiger partial charge in [0.15, 0.2) is 5.13 Å². The second kappa shape index (κ2) is 8.74. The van der Waals surface area contributed by atoms with E-state index in [9.17, 15) is 0 Å². The Kier molecular flexibility index (Phi) is 7.68. The average molecular weight is 306 g/mol. The van der Waals surface area contributed by atoms with E-state index in [0.717, 1.165) is 19.1 Å². The summed E-state index contributed by atoms with van der Waals surface area (Å²) in [5, 5.41) is 0.677. The number of nitrogens with zero attached hydrogens (tertiary/aromatic N) is 2. The second-order valence-corrected chi connectivity index (χ2v) is 6.19. The van der Waals surface area contributed by atoms with Crippen molar-refractivity contribution < 1.29 is 4.74 Å². The van der Waals surface area contributed by atoms with Crippen LogP contribution < -0.4 is 5.73 Å². The Morgan fingerprint density at radius 3 is 3.05 bits per heavy atom. The van der Waals surface area contributed by atoms with Crippen molar-refractivity contribution in [1.82, 2.24) is 9.88 Å². The van der Waals surface area contributed by atoms with Gasteiger partial charge in [0.2, 0.25) is 0 Å². The monoisotopic (exact) mass is 305 g/mol. The van der Waals surface area contributed by atoms with Gasteiger partial charge in [0, 0.05) is 37.9 Å². The number of likely N-dealkylation sites (tertiary alicyclic amines) is 1. The fourth-order valence-electron chi connectivity index (χ4n) is 2.60. The molecule has 0 radical (unpaired) electrons. The first-order valence-electron chi connectivity index (χ1n) is 6.69. The SMILES string of the molecule is COCCC1CCCCN(Cc2cnc(N)s2)C1.Cl. The lowest BCUT2D eigenvalue weighted by molar-refractivity contribution is 0.159. The first-order chi connectivity index (χ1) is 8.78. The van der Waals surface area contributed by atoms with Crippen LogP contribution in [0, 0.1) is 5.92 Å². The summed E-state index contributed by atoms with van der Waals surface area (Å²) >= 11 is 1.61. The van der Waals surface area contributed by atoms with Gasteiger partial charge in [-0.25, -0.2) is 4.98 Å². The number of hydrogen-bond acceptors (Lipinski definition) is 5. The lowest BCUT2D eigenvalue weighted by atomic mass is 10.0. The molecule has 2 N–H and O–H groups in total. The van der Waals surface area contributed by atoms with E-state index >= 15 is 0 Å². The van der Waals surface area contributed by atoms with E-state index in [-0.39, 0.29) is 12.4 Å². The second-order valence-electron chi connectivity index (χ2n) is 5.04. The number of hydrogen-bond donors (Lipinski definition) is 1. The average Bonchev–Trinajstić information content (AvgIpc) is 2.63. The van der Waals surface area contributed by atoms with Crippen LogP contribution in [0.2, 0.25) is 0 Å². The number of methoxy groups -OCH3 is 1. The zero-order valence-electron chi connectivity index (χ0n) is 11.5. The molecule has 0 aliphatic carbocycles. The molecular weight excluding hydrogens is 282 g/mol. The number of nitrogens with two attached hydrogens (primary N) is 1. The first-order valence-corrected chi connectivity index (χ1v) is 7.51. The van der Waals surface area contributed by atoms with Crippen molar-refractivity contribution in [3.63, 3.8) is 0 Å². The molecule has 0 amide bonds. The molecule has 19 heavy (non-hydrogen) atoms. The third-order valence-corrected chi connectivity index (χ3v) is 4.35. The van der Waals surface area contributed by atoms with Crippen molar-refractivity contribution in [2.45, 2.75) is 32.2 Å². The molecule has 0 saturated carbocycles. The number of anilines is 1. The van der Waals surface area contributed by atoms with Crippen LogP contribution in [-0.4, -0.2) is 36.7 Å². The molecule has 4 nitrogen and oxygen atoms in total. The third kappa shape index (κ3) is 5.65. The van der Waals surface area contributed by atoms with Crippen molar-refractivity contribution in [3.05, 3.63) is 11.1 Å². The number of halogens is 1. The van der Waals surface area contributed by atoms with Gasteiger partial charge in [-0.15, -0.1) is 23.7 Å². The highest BCUT2D eigenvalue weighted by molar-refractivity contribution is 7.15. The number of ether oxygens (including phenoxy) is 1. The summed E-state index contributed by atoms with van der Waals surface area (Å²) in [6.07, 6.45) is 7.07. The molecular formula is C13H24ClN3OS. The van der Waals surface area contributed by atoms with Crippen molar-refractivity contribution in [1.29, 1.82) is 0 Å². The van der Waals surface area contributed by atoms with Crippen molar-refractivity contribution in [2.75, 3.05) is 32.5 Å². The van der Waals surface area contributed by atoms with Crippen molar-refractivity contribution in [2.24, 2.45) is 5.92 Å². The largest absolute Gasteiger partial charge is 0.385 e. The van der Waals surface area contributed by atoms with Gasteiger partial charge in [0.05, 0.1) is 0 Å². The van der Waals surface area contributed by atoms with Gasteiger partial charge in [-0.3, -0.25) is 4.90 Å². The highest BCUT2D eigenvalue weighted by Crippen LogP contribution is 2.23. The van der Waals surface area contributed by atoms with E-state index < -0.39 is 0 Å². The van der Waals surface area contributed by atoms with Gasteiger partial charge in [-0.2, -0.15) is 0 Å². The minimum atomic E-state index is 0. The number of rotatable bonds is 5. The molecule has 0 bridgehead atoms. The Labute approximate surface area is 125 Å². The summed E-state index contributed by atoms with van der Waals surface area (Å²) in [5.41, 5.74) is 5.68. The molecule has 0 spiro atoms.